The van der Waals surface area contributed by atoms with Gasteiger partial charge in [0.1, 0.15) is 6.61 Å². The Kier molecular flexibility index (Phi) is 6.23. The summed E-state index contributed by atoms with van der Waals surface area (Å²) in [5, 5.41) is 8.08. The highest BCUT2D eigenvalue weighted by molar-refractivity contribution is 6.32. The first-order valence-corrected chi connectivity index (χ1v) is 11.1. The Labute approximate surface area is 195 Å². The van der Waals surface area contributed by atoms with Crippen molar-refractivity contribution in [3.63, 3.8) is 0 Å². The Bertz CT molecular complexity index is 1140. The molecule has 0 saturated carbocycles. The maximum atomic E-state index is 12.0. The molecule has 1 amide bonds. The molecule has 11 heteroatoms. The van der Waals surface area contributed by atoms with Crippen molar-refractivity contribution in [2.45, 2.75) is 18.5 Å². The van der Waals surface area contributed by atoms with Gasteiger partial charge in [0.2, 0.25) is 5.95 Å². The molecule has 0 unspecified atom stereocenters. The van der Waals surface area contributed by atoms with Crippen LogP contribution in [0.3, 0.4) is 0 Å². The van der Waals surface area contributed by atoms with E-state index < -0.39 is 0 Å². The summed E-state index contributed by atoms with van der Waals surface area (Å²) in [7, 11) is 0. The number of rotatable bonds is 5. The molecule has 2 aromatic heterocycles. The number of nitrogens with zero attached hydrogens (tertiary/aromatic N) is 5. The molecule has 4 heterocycles. The van der Waals surface area contributed by atoms with Crippen LogP contribution in [0.25, 0.3) is 11.3 Å². The Hall–Kier alpha value is -3.05. The van der Waals surface area contributed by atoms with Crippen molar-refractivity contribution in [1.82, 2.24) is 19.7 Å². The molecule has 33 heavy (non-hydrogen) atoms. The second-order valence-electron chi connectivity index (χ2n) is 8.06. The minimum Gasteiger partial charge on any atom is -0.378 e. The highest BCUT2D eigenvalue weighted by Crippen LogP contribution is 2.29. The molecular weight excluding hydrogens is 446 g/mol. The average molecular weight is 470 g/mol. The Morgan fingerprint density at radius 1 is 1.15 bits per heavy atom. The summed E-state index contributed by atoms with van der Waals surface area (Å²) in [5.41, 5.74) is 8.99. The lowest BCUT2D eigenvalue weighted by Gasteiger charge is -2.27. The quantitative estimate of drug-likeness (QED) is 0.584. The number of hydrogen-bond acceptors (Lipinski definition) is 8. The summed E-state index contributed by atoms with van der Waals surface area (Å²) in [6, 6.07) is 7.59. The van der Waals surface area contributed by atoms with Gasteiger partial charge in [0.25, 0.3) is 5.91 Å². The number of carbonyl (C=O) groups is 1. The van der Waals surface area contributed by atoms with Crippen LogP contribution in [-0.2, 0) is 14.3 Å². The van der Waals surface area contributed by atoms with E-state index in [9.17, 15) is 4.79 Å². The lowest BCUT2D eigenvalue weighted by Crippen LogP contribution is -2.41. The topological polar surface area (TPSA) is 120 Å². The lowest BCUT2D eigenvalue weighted by molar-refractivity contribution is -0.125. The first-order valence-electron chi connectivity index (χ1n) is 10.7. The van der Waals surface area contributed by atoms with Gasteiger partial charge < -0.3 is 25.4 Å². The maximum Gasteiger partial charge on any atom is 0.253 e. The largest absolute Gasteiger partial charge is 0.378 e. The van der Waals surface area contributed by atoms with Gasteiger partial charge in [0.15, 0.2) is 0 Å². The molecular formula is C22H24ClN7O3. The van der Waals surface area contributed by atoms with Crippen molar-refractivity contribution in [1.29, 1.82) is 0 Å². The fraction of sp³-hybridized carbons (Fsp3) is 0.364. The van der Waals surface area contributed by atoms with Crippen molar-refractivity contribution in [3.05, 3.63) is 47.9 Å². The fourth-order valence-corrected chi connectivity index (χ4v) is 4.16. The van der Waals surface area contributed by atoms with Gasteiger partial charge in [-0.2, -0.15) is 5.10 Å². The van der Waals surface area contributed by atoms with E-state index in [-0.39, 0.29) is 24.6 Å². The minimum atomic E-state index is -0.0463. The number of hydrogen-bond donors (Lipinski definition) is 2. The van der Waals surface area contributed by atoms with E-state index in [0.29, 0.717) is 43.0 Å². The van der Waals surface area contributed by atoms with Crippen molar-refractivity contribution in [2.75, 3.05) is 43.2 Å². The molecule has 2 fully saturated rings. The summed E-state index contributed by atoms with van der Waals surface area (Å²) in [6.45, 7) is 2.33. The lowest BCUT2D eigenvalue weighted by atomic mass is 10.1. The standard InChI is InChI=1S/C22H24ClN7O3/c23-19-9-25-22(27-16-1-3-17(4-2-16)29-5-6-32-13-20(29)31)28-21(19)14-8-26-30(10-14)18-7-15(24)11-33-12-18/h1-4,8-10,15,18H,5-7,11-13,24H2,(H,25,27,28)/t15-,18-/m1/s1. The summed E-state index contributed by atoms with van der Waals surface area (Å²) in [5.74, 6) is 0.357. The maximum absolute atomic E-state index is 12.0. The van der Waals surface area contributed by atoms with Crippen LogP contribution in [-0.4, -0.2) is 64.7 Å². The van der Waals surface area contributed by atoms with Crippen LogP contribution >= 0.6 is 11.6 Å². The van der Waals surface area contributed by atoms with E-state index in [0.717, 1.165) is 23.4 Å². The molecule has 0 spiro atoms. The molecule has 10 nitrogen and oxygen atoms in total. The van der Waals surface area contributed by atoms with Crippen LogP contribution in [0, 0.1) is 0 Å². The average Bonchev–Trinajstić information content (AvgIpc) is 3.32. The first kappa shape index (κ1) is 21.8. The van der Waals surface area contributed by atoms with Crippen LogP contribution < -0.4 is 16.0 Å². The van der Waals surface area contributed by atoms with Crippen LogP contribution in [0.4, 0.5) is 17.3 Å². The zero-order valence-corrected chi connectivity index (χ0v) is 18.6. The van der Waals surface area contributed by atoms with E-state index in [1.165, 1.54) is 0 Å². The van der Waals surface area contributed by atoms with Gasteiger partial charge in [0, 0.05) is 35.7 Å². The van der Waals surface area contributed by atoms with E-state index in [1.807, 2.05) is 35.1 Å². The molecule has 0 aliphatic carbocycles. The number of morpholine rings is 1. The minimum absolute atomic E-state index is 0.00240. The summed E-state index contributed by atoms with van der Waals surface area (Å²) < 4.78 is 12.6. The van der Waals surface area contributed by atoms with E-state index in [1.54, 1.807) is 17.3 Å². The van der Waals surface area contributed by atoms with Crippen LogP contribution in [0.5, 0.6) is 0 Å². The van der Waals surface area contributed by atoms with E-state index >= 15 is 0 Å². The van der Waals surface area contributed by atoms with E-state index in [2.05, 4.69) is 20.4 Å². The molecule has 2 atom stereocenters. The zero-order valence-electron chi connectivity index (χ0n) is 17.9. The molecule has 2 aliphatic heterocycles. The summed E-state index contributed by atoms with van der Waals surface area (Å²) in [6.07, 6.45) is 5.99. The zero-order chi connectivity index (χ0) is 22.8. The fourth-order valence-electron chi connectivity index (χ4n) is 3.96. The van der Waals surface area contributed by atoms with Crippen molar-refractivity contribution in [2.24, 2.45) is 5.73 Å². The van der Waals surface area contributed by atoms with Gasteiger partial charge in [-0.25, -0.2) is 9.97 Å². The molecule has 0 radical (unpaired) electrons. The predicted octanol–water partition coefficient (Wildman–Crippen LogP) is 2.39. The van der Waals surface area contributed by atoms with E-state index in [4.69, 9.17) is 26.8 Å². The molecule has 172 valence electrons. The summed E-state index contributed by atoms with van der Waals surface area (Å²) >= 11 is 6.39. The number of anilines is 3. The van der Waals surface area contributed by atoms with Crippen molar-refractivity contribution in [3.8, 4) is 11.3 Å². The Morgan fingerprint density at radius 2 is 2.00 bits per heavy atom. The predicted molar refractivity (Wildman–Crippen MR) is 124 cm³/mol. The van der Waals surface area contributed by atoms with Gasteiger partial charge >= 0.3 is 0 Å². The third kappa shape index (κ3) is 4.83. The van der Waals surface area contributed by atoms with Gasteiger partial charge in [-0.3, -0.25) is 9.48 Å². The molecule has 3 N–H and O–H groups in total. The van der Waals surface area contributed by atoms with Gasteiger partial charge in [0.05, 0.1) is 49.0 Å². The third-order valence-corrected chi connectivity index (χ3v) is 5.91. The van der Waals surface area contributed by atoms with Gasteiger partial charge in [-0.05, 0) is 30.7 Å². The van der Waals surface area contributed by atoms with Crippen molar-refractivity contribution < 1.29 is 14.3 Å². The number of nitrogens with two attached hydrogens (primary N) is 1. The van der Waals surface area contributed by atoms with Crippen LogP contribution in [0.1, 0.15) is 12.5 Å². The highest BCUT2D eigenvalue weighted by atomic mass is 35.5. The SMILES string of the molecule is N[C@H]1COC[C@H](n2cc(-c3nc(Nc4ccc(N5CCOCC5=O)cc4)ncc3Cl)cn2)C1. The second kappa shape index (κ2) is 9.44. The van der Waals surface area contributed by atoms with Crippen molar-refractivity contribution >= 4 is 34.8 Å². The molecule has 2 aliphatic rings. The monoisotopic (exact) mass is 469 g/mol. The smallest absolute Gasteiger partial charge is 0.253 e. The molecule has 0 bridgehead atoms. The summed E-state index contributed by atoms with van der Waals surface area (Å²) in [4.78, 5) is 22.6. The number of nitrogens with one attached hydrogen (secondary N) is 1. The first-order chi connectivity index (χ1) is 16.1. The number of halogens is 1. The van der Waals surface area contributed by atoms with Gasteiger partial charge in [-0.15, -0.1) is 0 Å². The second-order valence-corrected chi connectivity index (χ2v) is 8.46. The Balaban J connectivity index is 1.31. The van der Waals surface area contributed by atoms with Gasteiger partial charge in [-0.1, -0.05) is 11.6 Å². The highest BCUT2D eigenvalue weighted by Gasteiger charge is 2.23. The molecule has 1 aromatic carbocycles. The molecule has 2 saturated heterocycles. The number of aromatic nitrogens is 4. The molecule has 5 rings (SSSR count). The number of carbonyl (C=O) groups excluding carboxylic acids is 1. The number of ether oxygens (including phenoxy) is 2. The molecule has 3 aromatic rings. The number of benzene rings is 1. The van der Waals surface area contributed by atoms with Crippen LogP contribution in [0.15, 0.2) is 42.9 Å². The Morgan fingerprint density at radius 3 is 2.79 bits per heavy atom. The third-order valence-electron chi connectivity index (χ3n) is 5.63. The number of amides is 1. The normalized spacial score (nSPS) is 21.3. The van der Waals surface area contributed by atoms with Crippen LogP contribution in [0.2, 0.25) is 5.02 Å².